The Bertz CT molecular complexity index is 411. The maximum Gasteiger partial charge on any atom is 0.326 e. The highest BCUT2D eigenvalue weighted by Crippen LogP contribution is 2.09. The minimum atomic E-state index is -1.01. The van der Waals surface area contributed by atoms with Gasteiger partial charge in [-0.05, 0) is 31.0 Å². The molecule has 1 aromatic carbocycles. The number of aliphatic carboxylic acids is 1. The summed E-state index contributed by atoms with van der Waals surface area (Å²) in [7, 11) is 1.49. The van der Waals surface area contributed by atoms with Gasteiger partial charge in [0.2, 0.25) is 0 Å². The van der Waals surface area contributed by atoms with Crippen LogP contribution in [-0.2, 0) is 11.2 Å². The van der Waals surface area contributed by atoms with Crippen molar-refractivity contribution in [2.75, 3.05) is 7.05 Å². The van der Waals surface area contributed by atoms with E-state index in [2.05, 4.69) is 0 Å². The third kappa shape index (κ3) is 3.06. The van der Waals surface area contributed by atoms with E-state index in [1.165, 1.54) is 18.9 Å². The predicted octanol–water partition coefficient (Wildman–Crippen LogP) is 1.79. The van der Waals surface area contributed by atoms with Gasteiger partial charge in [0.1, 0.15) is 6.04 Å². The highest BCUT2D eigenvalue weighted by atomic mass is 16.4. The van der Waals surface area contributed by atoms with Crippen LogP contribution in [0.4, 0.5) is 0 Å². The summed E-state index contributed by atoms with van der Waals surface area (Å²) in [5.41, 5.74) is 1.66. The largest absolute Gasteiger partial charge is 0.480 e. The summed E-state index contributed by atoms with van der Waals surface area (Å²) in [6.07, 6.45) is 0.913. The summed E-state index contributed by atoms with van der Waals surface area (Å²) in [6.45, 7) is 3.52. The molecule has 0 saturated heterocycles. The van der Waals surface area contributed by atoms with Gasteiger partial charge in [-0.3, -0.25) is 4.79 Å². The summed E-state index contributed by atoms with van der Waals surface area (Å²) in [6, 6.07) is 6.39. The number of nitrogens with zero attached hydrogens (tertiary/aromatic N) is 1. The fourth-order valence-electron chi connectivity index (χ4n) is 1.43. The van der Waals surface area contributed by atoms with Crippen molar-refractivity contribution in [1.29, 1.82) is 0 Å². The lowest BCUT2D eigenvalue weighted by Gasteiger charge is -2.21. The van der Waals surface area contributed by atoms with Crippen molar-refractivity contribution in [1.82, 2.24) is 4.90 Å². The van der Waals surface area contributed by atoms with E-state index in [4.69, 9.17) is 5.11 Å². The second-order valence-electron chi connectivity index (χ2n) is 3.98. The number of rotatable bonds is 4. The fourth-order valence-corrected chi connectivity index (χ4v) is 1.43. The molecule has 1 atom stereocenters. The average molecular weight is 235 g/mol. The number of benzene rings is 1. The van der Waals surface area contributed by atoms with Crippen LogP contribution in [0.25, 0.3) is 0 Å². The monoisotopic (exact) mass is 235 g/mol. The molecule has 0 radical (unpaired) electrons. The molecule has 0 aromatic heterocycles. The van der Waals surface area contributed by atoms with E-state index in [0.29, 0.717) is 5.56 Å². The van der Waals surface area contributed by atoms with Gasteiger partial charge in [0.05, 0.1) is 0 Å². The summed E-state index contributed by atoms with van der Waals surface area (Å²) in [5.74, 6) is -1.28. The minimum absolute atomic E-state index is 0.275. The highest BCUT2D eigenvalue weighted by molar-refractivity contribution is 5.96. The van der Waals surface area contributed by atoms with Gasteiger partial charge >= 0.3 is 5.97 Å². The molecular formula is C13H17NO3. The Hall–Kier alpha value is -1.84. The van der Waals surface area contributed by atoms with Crippen molar-refractivity contribution in [3.05, 3.63) is 35.4 Å². The van der Waals surface area contributed by atoms with Crippen molar-refractivity contribution >= 4 is 11.9 Å². The van der Waals surface area contributed by atoms with Gasteiger partial charge in [0.25, 0.3) is 5.91 Å². The van der Waals surface area contributed by atoms with Crippen molar-refractivity contribution in [2.45, 2.75) is 26.3 Å². The van der Waals surface area contributed by atoms with Gasteiger partial charge in [-0.1, -0.05) is 19.1 Å². The lowest BCUT2D eigenvalue weighted by molar-refractivity contribution is -0.141. The standard InChI is InChI=1S/C13H17NO3/c1-4-10-5-7-11(8-6-10)12(15)14(3)9(2)13(16)17/h5-9H,4H2,1-3H3,(H,16,17). The molecule has 1 N–H and O–H groups in total. The van der Waals surface area contributed by atoms with Crippen LogP contribution in [0, 0.1) is 0 Å². The third-order valence-corrected chi connectivity index (χ3v) is 2.87. The van der Waals surface area contributed by atoms with Crippen LogP contribution in [-0.4, -0.2) is 35.0 Å². The Kier molecular flexibility index (Phi) is 4.26. The molecule has 1 aromatic rings. The number of likely N-dealkylation sites (N-methyl/N-ethyl adjacent to an activating group) is 1. The Morgan fingerprint density at radius 2 is 1.82 bits per heavy atom. The summed E-state index contributed by atoms with van der Waals surface area (Å²) in [5, 5.41) is 8.84. The Morgan fingerprint density at radius 1 is 1.29 bits per heavy atom. The number of carbonyl (C=O) groups is 2. The molecule has 0 saturated carbocycles. The number of hydrogen-bond acceptors (Lipinski definition) is 2. The number of carbonyl (C=O) groups excluding carboxylic acids is 1. The zero-order valence-corrected chi connectivity index (χ0v) is 10.3. The Balaban J connectivity index is 2.85. The highest BCUT2D eigenvalue weighted by Gasteiger charge is 2.22. The van der Waals surface area contributed by atoms with Crippen molar-refractivity contribution in [2.24, 2.45) is 0 Å². The Labute approximate surface area is 101 Å². The van der Waals surface area contributed by atoms with Gasteiger partial charge in [0.15, 0.2) is 0 Å². The second-order valence-corrected chi connectivity index (χ2v) is 3.98. The zero-order chi connectivity index (χ0) is 13.0. The third-order valence-electron chi connectivity index (χ3n) is 2.87. The van der Waals surface area contributed by atoms with Gasteiger partial charge in [-0.2, -0.15) is 0 Å². The van der Waals surface area contributed by atoms with Gasteiger partial charge < -0.3 is 10.0 Å². The van der Waals surface area contributed by atoms with Crippen molar-refractivity contribution < 1.29 is 14.7 Å². The molecular weight excluding hydrogens is 218 g/mol. The quantitative estimate of drug-likeness (QED) is 0.865. The summed E-state index contributed by atoms with van der Waals surface area (Å²) < 4.78 is 0. The van der Waals surface area contributed by atoms with E-state index in [9.17, 15) is 9.59 Å². The van der Waals surface area contributed by atoms with Crippen LogP contribution >= 0.6 is 0 Å². The van der Waals surface area contributed by atoms with Crippen molar-refractivity contribution in [3.63, 3.8) is 0 Å². The molecule has 0 spiro atoms. The van der Waals surface area contributed by atoms with E-state index in [1.807, 2.05) is 19.1 Å². The maximum absolute atomic E-state index is 12.0. The number of hydrogen-bond donors (Lipinski definition) is 1. The molecule has 0 aliphatic rings. The van der Waals surface area contributed by atoms with Crippen LogP contribution in [0.3, 0.4) is 0 Å². The molecule has 0 aliphatic carbocycles. The molecule has 0 fully saturated rings. The lowest BCUT2D eigenvalue weighted by Crippen LogP contribution is -2.40. The van der Waals surface area contributed by atoms with Crippen LogP contribution < -0.4 is 0 Å². The molecule has 17 heavy (non-hydrogen) atoms. The molecule has 92 valence electrons. The van der Waals surface area contributed by atoms with E-state index < -0.39 is 12.0 Å². The molecule has 0 heterocycles. The molecule has 0 bridgehead atoms. The van der Waals surface area contributed by atoms with Crippen LogP contribution in [0.1, 0.15) is 29.8 Å². The van der Waals surface area contributed by atoms with Gasteiger partial charge in [-0.25, -0.2) is 4.79 Å². The van der Waals surface area contributed by atoms with Crippen LogP contribution in [0.15, 0.2) is 24.3 Å². The van der Waals surface area contributed by atoms with E-state index in [0.717, 1.165) is 12.0 Å². The van der Waals surface area contributed by atoms with Crippen LogP contribution in [0.5, 0.6) is 0 Å². The topological polar surface area (TPSA) is 57.6 Å². The lowest BCUT2D eigenvalue weighted by atomic mass is 10.1. The number of amides is 1. The van der Waals surface area contributed by atoms with E-state index in [1.54, 1.807) is 12.1 Å². The average Bonchev–Trinajstić information content (AvgIpc) is 2.36. The van der Waals surface area contributed by atoms with E-state index >= 15 is 0 Å². The molecule has 0 aliphatic heterocycles. The molecule has 1 amide bonds. The fraction of sp³-hybridized carbons (Fsp3) is 0.385. The normalized spacial score (nSPS) is 11.9. The zero-order valence-electron chi connectivity index (χ0n) is 10.3. The molecule has 1 unspecified atom stereocenters. The second kappa shape index (κ2) is 5.48. The first-order valence-corrected chi connectivity index (χ1v) is 5.56. The number of carboxylic acid groups (broad SMARTS) is 1. The molecule has 4 nitrogen and oxygen atoms in total. The van der Waals surface area contributed by atoms with E-state index in [-0.39, 0.29) is 5.91 Å². The SMILES string of the molecule is CCc1ccc(C(=O)N(C)C(C)C(=O)O)cc1. The first kappa shape index (κ1) is 13.2. The van der Waals surface area contributed by atoms with Crippen LogP contribution in [0.2, 0.25) is 0 Å². The molecule has 1 rings (SSSR count). The maximum atomic E-state index is 12.0. The predicted molar refractivity (Wildman–Crippen MR) is 65.0 cm³/mol. The molecule has 4 heteroatoms. The summed E-state index contributed by atoms with van der Waals surface area (Å²) >= 11 is 0. The number of carboxylic acids is 1. The minimum Gasteiger partial charge on any atom is -0.480 e. The first-order chi connectivity index (χ1) is 7.97. The number of aryl methyl sites for hydroxylation is 1. The van der Waals surface area contributed by atoms with Gasteiger partial charge in [0, 0.05) is 12.6 Å². The summed E-state index contributed by atoms with van der Waals surface area (Å²) in [4.78, 5) is 24.0. The van der Waals surface area contributed by atoms with Crippen molar-refractivity contribution in [3.8, 4) is 0 Å². The smallest absolute Gasteiger partial charge is 0.326 e. The first-order valence-electron chi connectivity index (χ1n) is 5.56. The Morgan fingerprint density at radius 3 is 2.24 bits per heavy atom. The van der Waals surface area contributed by atoms with Gasteiger partial charge in [-0.15, -0.1) is 0 Å².